The molecule has 13 heteroatoms. The van der Waals surface area contributed by atoms with Crippen LogP contribution >= 0.6 is 7.82 Å². The molecule has 0 spiro atoms. The van der Waals surface area contributed by atoms with Gasteiger partial charge in [-0.05, 0) is 57.8 Å². The Morgan fingerprint density at radius 1 is 0.679 bits per heavy atom. The van der Waals surface area contributed by atoms with Gasteiger partial charge in [-0.3, -0.25) is 18.6 Å². The van der Waals surface area contributed by atoms with Crippen molar-refractivity contribution in [2.24, 2.45) is 5.73 Å². The standard InChI is InChI=1S/C43H74NO11P/c1-3-5-7-8-9-10-11-12-13-14-15-16-17-22-26-32-42(48)52-36-39(37-54-56(50,51)53-35-34-44)55-43(49)33-27-31-41(47)40(46)30-25-21-19-18-20-24-29-38(45)28-23-6-4-2/h6,10-11,18-21,23-25,29-30,38-41,45-47H,3-5,7-9,12-17,22,26-28,31-37,44H2,1-2H3,(H,50,51)/b11-10-,20-18+,21-19-,23-6-,29-24+,30-25-/t38-,39+,40+,41+/m0/s1. The van der Waals surface area contributed by atoms with Gasteiger partial charge in [-0.15, -0.1) is 0 Å². The normalized spacial score (nSPS) is 15.8. The molecule has 0 saturated heterocycles. The number of hydrogen-bond donors (Lipinski definition) is 5. The molecule has 0 aliphatic heterocycles. The number of aliphatic hydroxyl groups is 3. The van der Waals surface area contributed by atoms with E-state index in [1.165, 1.54) is 57.4 Å². The minimum absolute atomic E-state index is 0.00666. The topological polar surface area (TPSA) is 195 Å². The summed E-state index contributed by atoms with van der Waals surface area (Å²) in [7, 11) is -4.48. The summed E-state index contributed by atoms with van der Waals surface area (Å²) in [5.41, 5.74) is 5.32. The quantitative estimate of drug-likeness (QED) is 0.0132. The van der Waals surface area contributed by atoms with E-state index >= 15 is 0 Å². The predicted molar refractivity (Wildman–Crippen MR) is 224 cm³/mol. The molecule has 0 saturated carbocycles. The van der Waals surface area contributed by atoms with Gasteiger partial charge in [0.1, 0.15) is 6.61 Å². The van der Waals surface area contributed by atoms with Gasteiger partial charge in [0.2, 0.25) is 0 Å². The van der Waals surface area contributed by atoms with Gasteiger partial charge < -0.3 is 35.4 Å². The molecule has 0 aromatic heterocycles. The second-order valence-corrected chi connectivity index (χ2v) is 15.1. The lowest BCUT2D eigenvalue weighted by molar-refractivity contribution is -0.161. The van der Waals surface area contributed by atoms with Crippen molar-refractivity contribution < 1.29 is 52.9 Å². The maximum absolute atomic E-state index is 12.6. The third-order valence-corrected chi connectivity index (χ3v) is 9.40. The van der Waals surface area contributed by atoms with Crippen molar-refractivity contribution in [2.75, 3.05) is 26.4 Å². The maximum Gasteiger partial charge on any atom is 0.472 e. The molecule has 0 fully saturated rings. The number of nitrogens with two attached hydrogens (primary N) is 1. The first-order valence-electron chi connectivity index (χ1n) is 20.7. The average molecular weight is 812 g/mol. The molecular weight excluding hydrogens is 737 g/mol. The molecule has 0 amide bonds. The Morgan fingerprint density at radius 3 is 1.91 bits per heavy atom. The van der Waals surface area contributed by atoms with Crippen LogP contribution in [0.4, 0.5) is 0 Å². The Balaban J connectivity index is 4.55. The zero-order valence-electron chi connectivity index (χ0n) is 34.2. The van der Waals surface area contributed by atoms with Crippen LogP contribution < -0.4 is 5.73 Å². The number of phosphoric acid groups is 1. The van der Waals surface area contributed by atoms with E-state index in [9.17, 15) is 34.4 Å². The van der Waals surface area contributed by atoms with Crippen LogP contribution in [0.15, 0.2) is 72.9 Å². The number of carbonyl (C=O) groups excluding carboxylic acids is 2. The molecule has 1 unspecified atom stereocenters. The zero-order valence-corrected chi connectivity index (χ0v) is 35.1. The zero-order chi connectivity index (χ0) is 41.5. The van der Waals surface area contributed by atoms with Gasteiger partial charge in [0.15, 0.2) is 6.10 Å². The largest absolute Gasteiger partial charge is 0.472 e. The molecule has 0 rings (SSSR count). The maximum atomic E-state index is 12.6. The number of allylic oxidation sites excluding steroid dienone is 9. The Hall–Kier alpha value is -2.67. The Kier molecular flexibility index (Phi) is 36.1. The van der Waals surface area contributed by atoms with Crippen molar-refractivity contribution >= 4 is 19.8 Å². The third kappa shape index (κ3) is 35.7. The highest BCUT2D eigenvalue weighted by Gasteiger charge is 2.26. The van der Waals surface area contributed by atoms with Crippen LogP contribution in [0.1, 0.15) is 136 Å². The molecule has 0 aromatic rings. The second kappa shape index (κ2) is 37.9. The molecule has 56 heavy (non-hydrogen) atoms. The van der Waals surface area contributed by atoms with E-state index in [2.05, 4.69) is 19.1 Å². The van der Waals surface area contributed by atoms with Gasteiger partial charge in [-0.1, -0.05) is 138 Å². The minimum Gasteiger partial charge on any atom is -0.462 e. The van der Waals surface area contributed by atoms with Crippen molar-refractivity contribution in [3.05, 3.63) is 72.9 Å². The van der Waals surface area contributed by atoms with Gasteiger partial charge >= 0.3 is 19.8 Å². The lowest BCUT2D eigenvalue weighted by Crippen LogP contribution is -2.30. The highest BCUT2D eigenvalue weighted by molar-refractivity contribution is 7.47. The summed E-state index contributed by atoms with van der Waals surface area (Å²) in [5, 5.41) is 30.4. The highest BCUT2D eigenvalue weighted by atomic mass is 31.2. The van der Waals surface area contributed by atoms with E-state index < -0.39 is 50.8 Å². The number of phosphoric ester groups is 1. The van der Waals surface area contributed by atoms with E-state index in [1.54, 1.807) is 42.5 Å². The predicted octanol–water partition coefficient (Wildman–Crippen LogP) is 8.41. The van der Waals surface area contributed by atoms with Crippen molar-refractivity contribution in [3.8, 4) is 0 Å². The third-order valence-electron chi connectivity index (χ3n) is 8.42. The van der Waals surface area contributed by atoms with Crippen molar-refractivity contribution in [1.82, 2.24) is 0 Å². The monoisotopic (exact) mass is 811 g/mol. The number of rotatable bonds is 37. The van der Waals surface area contributed by atoms with Crippen LogP contribution in [0.5, 0.6) is 0 Å². The van der Waals surface area contributed by atoms with Gasteiger partial charge in [-0.25, -0.2) is 4.57 Å². The first-order valence-corrected chi connectivity index (χ1v) is 22.2. The average Bonchev–Trinajstić information content (AvgIpc) is 3.17. The summed E-state index contributed by atoms with van der Waals surface area (Å²) in [6.07, 6.45) is 34.5. The van der Waals surface area contributed by atoms with Crippen LogP contribution in [-0.4, -0.2) is 82.9 Å². The molecule has 12 nitrogen and oxygen atoms in total. The van der Waals surface area contributed by atoms with Gasteiger partial charge in [-0.2, -0.15) is 0 Å². The molecule has 322 valence electrons. The second-order valence-electron chi connectivity index (χ2n) is 13.7. The van der Waals surface area contributed by atoms with E-state index in [4.69, 9.17) is 24.3 Å². The van der Waals surface area contributed by atoms with E-state index in [0.717, 1.165) is 32.1 Å². The summed E-state index contributed by atoms with van der Waals surface area (Å²) < 4.78 is 32.5. The summed E-state index contributed by atoms with van der Waals surface area (Å²) in [4.78, 5) is 34.9. The molecule has 6 N–H and O–H groups in total. The minimum atomic E-state index is -4.48. The van der Waals surface area contributed by atoms with Gasteiger partial charge in [0.25, 0.3) is 0 Å². The van der Waals surface area contributed by atoms with Gasteiger partial charge in [0, 0.05) is 19.4 Å². The number of carbonyl (C=O) groups is 2. The molecule has 0 aliphatic rings. The van der Waals surface area contributed by atoms with Crippen LogP contribution in [0.25, 0.3) is 0 Å². The summed E-state index contributed by atoms with van der Waals surface area (Å²) >= 11 is 0. The molecule has 5 atom stereocenters. The van der Waals surface area contributed by atoms with Crippen LogP contribution in [0.2, 0.25) is 0 Å². The number of aliphatic hydroxyl groups excluding tert-OH is 3. The first-order chi connectivity index (χ1) is 27.0. The number of hydrogen-bond acceptors (Lipinski definition) is 11. The molecule has 0 radical (unpaired) electrons. The fourth-order valence-corrected chi connectivity index (χ4v) is 5.97. The molecular formula is C43H74NO11P. The Bertz CT molecular complexity index is 1200. The fraction of sp³-hybridized carbons (Fsp3) is 0.674. The Labute approximate surface area is 337 Å². The van der Waals surface area contributed by atoms with Crippen molar-refractivity contribution in [3.63, 3.8) is 0 Å². The molecule has 0 aromatic carbocycles. The summed E-state index contributed by atoms with van der Waals surface area (Å²) in [6, 6.07) is 0. The summed E-state index contributed by atoms with van der Waals surface area (Å²) in [6.45, 7) is 3.09. The molecule has 0 aliphatic carbocycles. The highest BCUT2D eigenvalue weighted by Crippen LogP contribution is 2.43. The number of esters is 2. The Morgan fingerprint density at radius 2 is 1.27 bits per heavy atom. The fourth-order valence-electron chi connectivity index (χ4n) is 5.20. The van der Waals surface area contributed by atoms with Gasteiger partial charge in [0.05, 0.1) is 31.5 Å². The molecule has 0 heterocycles. The first kappa shape index (κ1) is 53.3. The van der Waals surface area contributed by atoms with E-state index in [1.807, 2.05) is 19.1 Å². The molecule has 0 bridgehead atoms. The van der Waals surface area contributed by atoms with Crippen LogP contribution in [0.3, 0.4) is 0 Å². The van der Waals surface area contributed by atoms with Crippen LogP contribution in [-0.2, 0) is 32.7 Å². The lowest BCUT2D eigenvalue weighted by Gasteiger charge is -2.20. The van der Waals surface area contributed by atoms with Crippen LogP contribution in [0, 0.1) is 0 Å². The van der Waals surface area contributed by atoms with E-state index in [0.29, 0.717) is 12.8 Å². The smallest absolute Gasteiger partial charge is 0.462 e. The number of ether oxygens (including phenoxy) is 2. The SMILES string of the molecule is CC/C=C\C[C@H](O)/C=C/C=C/C=C\C=C/[C@@H](O)[C@H](O)CCCC(=O)O[C@H](COC(=O)CCCCCCCCC/C=C\CCCCCC)COP(=O)(O)OCCN. The van der Waals surface area contributed by atoms with Crippen molar-refractivity contribution in [1.29, 1.82) is 0 Å². The number of unbranched alkanes of at least 4 members (excludes halogenated alkanes) is 11. The van der Waals surface area contributed by atoms with E-state index in [-0.39, 0.29) is 45.4 Å². The van der Waals surface area contributed by atoms with Crippen molar-refractivity contribution in [2.45, 2.75) is 160 Å². The lowest BCUT2D eigenvalue weighted by atomic mass is 10.1. The summed E-state index contributed by atoms with van der Waals surface area (Å²) in [5.74, 6) is -1.17.